The fourth-order valence-electron chi connectivity index (χ4n) is 3.53. The van der Waals surface area contributed by atoms with E-state index in [1.54, 1.807) is 6.20 Å². The van der Waals surface area contributed by atoms with Gasteiger partial charge in [0.15, 0.2) is 0 Å². The van der Waals surface area contributed by atoms with Crippen molar-refractivity contribution in [2.75, 3.05) is 5.73 Å². The topological polar surface area (TPSA) is 56.7 Å². The number of hydrogen-bond acceptors (Lipinski definition) is 3. The molecule has 0 fully saturated rings. The van der Waals surface area contributed by atoms with E-state index in [0.29, 0.717) is 0 Å². The van der Waals surface area contributed by atoms with Crippen LogP contribution in [0, 0.1) is 20.8 Å². The number of nitrogen functional groups attached to an aromatic ring is 1. The Labute approximate surface area is 153 Å². The molecule has 3 aromatic heterocycles. The number of anilines is 1. The molecule has 0 saturated carbocycles. The van der Waals surface area contributed by atoms with Crippen LogP contribution in [0.4, 0.5) is 5.69 Å². The maximum atomic E-state index is 6.57. The highest BCUT2D eigenvalue weighted by Crippen LogP contribution is 2.35. The Morgan fingerprint density at radius 3 is 2.42 bits per heavy atom. The maximum Gasteiger partial charge on any atom is 0.143 e. The first-order chi connectivity index (χ1) is 12.6. The van der Waals surface area contributed by atoms with Crippen LogP contribution >= 0.6 is 0 Å². The summed E-state index contributed by atoms with van der Waals surface area (Å²) in [5, 5.41) is 1.06. The average Bonchev–Trinajstić information content (AvgIpc) is 2.91. The van der Waals surface area contributed by atoms with Gasteiger partial charge in [-0.1, -0.05) is 36.4 Å². The van der Waals surface area contributed by atoms with E-state index in [2.05, 4.69) is 48.5 Å². The highest BCUT2D eigenvalue weighted by Gasteiger charge is 2.19. The Morgan fingerprint density at radius 1 is 0.962 bits per heavy atom. The van der Waals surface area contributed by atoms with Crippen LogP contribution in [-0.4, -0.2) is 14.5 Å². The molecule has 4 heteroatoms. The van der Waals surface area contributed by atoms with E-state index < -0.39 is 0 Å². The predicted octanol–water partition coefficient (Wildman–Crippen LogP) is 4.65. The van der Waals surface area contributed by atoms with Crippen molar-refractivity contribution in [3.8, 4) is 11.3 Å². The van der Waals surface area contributed by atoms with Crippen molar-refractivity contribution in [1.82, 2.24) is 14.5 Å². The molecule has 0 aliphatic rings. The quantitative estimate of drug-likeness (QED) is 0.589. The molecule has 4 rings (SSSR count). The summed E-state index contributed by atoms with van der Waals surface area (Å²) in [6.45, 7) is 7.03. The minimum Gasteiger partial charge on any atom is -0.398 e. The van der Waals surface area contributed by atoms with Gasteiger partial charge in [-0.25, -0.2) is 4.98 Å². The SMILES string of the molecule is Cc1c(-c2ccccc2)nc2c(c(C)c(C)n2Cc2cccnc2)c1N. The van der Waals surface area contributed by atoms with Gasteiger partial charge < -0.3 is 10.3 Å². The van der Waals surface area contributed by atoms with Crippen LogP contribution in [0.3, 0.4) is 0 Å². The van der Waals surface area contributed by atoms with E-state index in [1.807, 2.05) is 30.5 Å². The van der Waals surface area contributed by atoms with E-state index >= 15 is 0 Å². The molecule has 0 atom stereocenters. The van der Waals surface area contributed by atoms with Crippen LogP contribution in [0.5, 0.6) is 0 Å². The highest BCUT2D eigenvalue weighted by molar-refractivity contribution is 5.97. The van der Waals surface area contributed by atoms with Crippen LogP contribution in [0.25, 0.3) is 22.3 Å². The number of aryl methyl sites for hydroxylation is 1. The van der Waals surface area contributed by atoms with Crippen molar-refractivity contribution in [3.63, 3.8) is 0 Å². The number of fused-ring (bicyclic) bond motifs is 1. The number of pyridine rings is 2. The number of nitrogens with two attached hydrogens (primary N) is 1. The summed E-state index contributed by atoms with van der Waals surface area (Å²) >= 11 is 0. The number of hydrogen-bond donors (Lipinski definition) is 1. The van der Waals surface area contributed by atoms with Gasteiger partial charge in [-0.2, -0.15) is 0 Å². The Kier molecular flexibility index (Phi) is 3.96. The van der Waals surface area contributed by atoms with Gasteiger partial charge in [-0.05, 0) is 43.5 Å². The van der Waals surface area contributed by atoms with E-state index in [1.165, 1.54) is 11.3 Å². The number of nitrogens with zero attached hydrogens (tertiary/aromatic N) is 3. The first-order valence-corrected chi connectivity index (χ1v) is 8.77. The third-order valence-corrected chi connectivity index (χ3v) is 5.16. The molecule has 130 valence electrons. The standard InChI is InChI=1S/C22H22N4/c1-14-16(3)26(13-17-8-7-11-24-12-17)22-19(14)20(23)15(2)21(25-22)18-9-5-4-6-10-18/h4-12H,13H2,1-3H3,(H2,23,25). The van der Waals surface area contributed by atoms with Crippen molar-refractivity contribution in [2.45, 2.75) is 27.3 Å². The van der Waals surface area contributed by atoms with Gasteiger partial charge in [0.2, 0.25) is 0 Å². The minimum absolute atomic E-state index is 0.730. The molecule has 4 nitrogen and oxygen atoms in total. The van der Waals surface area contributed by atoms with Crippen LogP contribution in [0.2, 0.25) is 0 Å². The molecule has 1 aromatic carbocycles. The van der Waals surface area contributed by atoms with E-state index in [-0.39, 0.29) is 0 Å². The first-order valence-electron chi connectivity index (χ1n) is 8.77. The molecule has 0 aliphatic carbocycles. The lowest BCUT2D eigenvalue weighted by Gasteiger charge is -2.12. The highest BCUT2D eigenvalue weighted by atomic mass is 15.1. The van der Waals surface area contributed by atoms with E-state index in [4.69, 9.17) is 10.7 Å². The van der Waals surface area contributed by atoms with Gasteiger partial charge in [0, 0.05) is 34.7 Å². The second-order valence-corrected chi connectivity index (χ2v) is 6.72. The van der Waals surface area contributed by atoms with Crippen molar-refractivity contribution < 1.29 is 0 Å². The summed E-state index contributed by atoms with van der Waals surface area (Å²) < 4.78 is 2.24. The lowest BCUT2D eigenvalue weighted by molar-refractivity contribution is 0.787. The van der Waals surface area contributed by atoms with Crippen LogP contribution < -0.4 is 5.73 Å². The lowest BCUT2D eigenvalue weighted by atomic mass is 10.0. The molecule has 0 bridgehead atoms. The average molecular weight is 342 g/mol. The number of aromatic nitrogens is 3. The monoisotopic (exact) mass is 342 g/mol. The molecular weight excluding hydrogens is 320 g/mol. The smallest absolute Gasteiger partial charge is 0.143 e. The van der Waals surface area contributed by atoms with Crippen molar-refractivity contribution in [3.05, 3.63) is 77.2 Å². The largest absolute Gasteiger partial charge is 0.398 e. The second kappa shape index (κ2) is 6.30. The summed E-state index contributed by atoms with van der Waals surface area (Å²) in [5.74, 6) is 0. The Balaban J connectivity index is 1.98. The molecule has 4 aromatic rings. The molecular formula is C22H22N4. The second-order valence-electron chi connectivity index (χ2n) is 6.72. The molecule has 0 spiro atoms. The van der Waals surface area contributed by atoms with Crippen molar-refractivity contribution >= 4 is 16.7 Å². The Bertz CT molecular complexity index is 1080. The Hall–Kier alpha value is -3.14. The summed E-state index contributed by atoms with van der Waals surface area (Å²) in [4.78, 5) is 9.28. The molecule has 26 heavy (non-hydrogen) atoms. The third-order valence-electron chi connectivity index (χ3n) is 5.16. The zero-order valence-electron chi connectivity index (χ0n) is 15.3. The molecule has 0 amide bonds. The first kappa shape index (κ1) is 16.3. The fourth-order valence-corrected chi connectivity index (χ4v) is 3.53. The summed E-state index contributed by atoms with van der Waals surface area (Å²) in [6, 6.07) is 14.3. The van der Waals surface area contributed by atoms with Crippen LogP contribution in [0.15, 0.2) is 54.9 Å². The number of rotatable bonds is 3. The lowest BCUT2D eigenvalue weighted by Crippen LogP contribution is -2.05. The molecule has 0 radical (unpaired) electrons. The van der Waals surface area contributed by atoms with Crippen LogP contribution in [0.1, 0.15) is 22.4 Å². The zero-order valence-corrected chi connectivity index (χ0v) is 15.3. The number of benzene rings is 1. The van der Waals surface area contributed by atoms with Gasteiger partial charge >= 0.3 is 0 Å². The molecule has 2 N–H and O–H groups in total. The third kappa shape index (κ3) is 2.54. The fraction of sp³-hybridized carbons (Fsp3) is 0.182. The summed E-state index contributed by atoms with van der Waals surface area (Å²) in [7, 11) is 0. The van der Waals surface area contributed by atoms with E-state index in [0.717, 1.165) is 45.6 Å². The molecule has 3 heterocycles. The minimum atomic E-state index is 0.730. The Morgan fingerprint density at radius 2 is 1.73 bits per heavy atom. The molecule has 0 unspecified atom stereocenters. The van der Waals surface area contributed by atoms with Crippen molar-refractivity contribution in [2.24, 2.45) is 0 Å². The molecule has 0 aliphatic heterocycles. The predicted molar refractivity (Wildman–Crippen MR) is 107 cm³/mol. The molecule has 0 saturated heterocycles. The van der Waals surface area contributed by atoms with E-state index in [9.17, 15) is 0 Å². The van der Waals surface area contributed by atoms with Gasteiger partial charge in [-0.15, -0.1) is 0 Å². The van der Waals surface area contributed by atoms with Crippen LogP contribution in [-0.2, 0) is 6.54 Å². The van der Waals surface area contributed by atoms with Gasteiger partial charge in [0.25, 0.3) is 0 Å². The summed E-state index contributed by atoms with van der Waals surface area (Å²) in [5.41, 5.74) is 14.9. The van der Waals surface area contributed by atoms with Crippen molar-refractivity contribution in [1.29, 1.82) is 0 Å². The zero-order chi connectivity index (χ0) is 18.3. The van der Waals surface area contributed by atoms with Gasteiger partial charge in [-0.3, -0.25) is 4.98 Å². The van der Waals surface area contributed by atoms with Gasteiger partial charge in [0.05, 0.1) is 12.2 Å². The summed E-state index contributed by atoms with van der Waals surface area (Å²) in [6.07, 6.45) is 3.69. The normalized spacial score (nSPS) is 11.2. The van der Waals surface area contributed by atoms with Gasteiger partial charge in [0.1, 0.15) is 5.65 Å². The maximum absolute atomic E-state index is 6.57.